The standard InChI is InChI=1S/C45H32N2O2/c1-45(2)35-17-8-6-16-33(35)34-25-23-30(27-36(34)45)46(37-18-9-7-15-32(37)29-13-4-3-5-14-29)31-24-26-39-43(28-31)49-42-22-12-21-41-44(42)47(39)38-19-10-11-20-40(38)48-41/h3-28H,1-2H3. The number of nitrogens with zero attached hydrogens (tertiary/aromatic N) is 2. The van der Waals surface area contributed by atoms with Gasteiger partial charge in [-0.15, -0.1) is 0 Å². The van der Waals surface area contributed by atoms with Crippen molar-refractivity contribution in [3.8, 4) is 45.3 Å². The van der Waals surface area contributed by atoms with E-state index >= 15 is 0 Å². The minimum atomic E-state index is -0.128. The maximum Gasteiger partial charge on any atom is 0.155 e. The summed E-state index contributed by atoms with van der Waals surface area (Å²) >= 11 is 0. The topological polar surface area (TPSA) is 24.9 Å². The van der Waals surface area contributed by atoms with Gasteiger partial charge in [0.15, 0.2) is 23.0 Å². The third-order valence-electron chi connectivity index (χ3n) is 10.2. The molecule has 234 valence electrons. The van der Waals surface area contributed by atoms with E-state index in [2.05, 4.69) is 151 Å². The normalized spacial score (nSPS) is 14.0. The van der Waals surface area contributed by atoms with E-state index in [9.17, 15) is 0 Å². The van der Waals surface area contributed by atoms with Gasteiger partial charge in [0.05, 0.1) is 22.7 Å². The van der Waals surface area contributed by atoms with Crippen molar-refractivity contribution in [2.24, 2.45) is 0 Å². The molecule has 49 heavy (non-hydrogen) atoms. The first-order valence-electron chi connectivity index (χ1n) is 16.8. The van der Waals surface area contributed by atoms with E-state index in [1.165, 1.54) is 22.3 Å². The molecule has 0 radical (unpaired) electrons. The maximum absolute atomic E-state index is 6.72. The number of hydrogen-bond donors (Lipinski definition) is 0. The first kappa shape index (κ1) is 27.8. The van der Waals surface area contributed by atoms with E-state index in [1.54, 1.807) is 0 Å². The number of fused-ring (bicyclic) bond motifs is 7. The van der Waals surface area contributed by atoms with Crippen LogP contribution in [0.25, 0.3) is 22.3 Å². The van der Waals surface area contributed by atoms with Crippen molar-refractivity contribution in [3.05, 3.63) is 169 Å². The summed E-state index contributed by atoms with van der Waals surface area (Å²) in [5, 5.41) is 0. The van der Waals surface area contributed by atoms with Crippen LogP contribution in [-0.2, 0) is 5.41 Å². The highest BCUT2D eigenvalue weighted by Crippen LogP contribution is 2.60. The van der Waals surface area contributed by atoms with Gasteiger partial charge in [0.2, 0.25) is 0 Å². The second-order valence-corrected chi connectivity index (χ2v) is 13.4. The Bertz CT molecular complexity index is 2450. The molecule has 0 fully saturated rings. The SMILES string of the molecule is CC1(C)c2ccccc2-c2ccc(N(c3ccc4c(c3)Oc3cccc5c3N4c3ccccc3O5)c3ccccc3-c3ccccc3)cc21. The smallest absolute Gasteiger partial charge is 0.155 e. The number of anilines is 6. The highest BCUT2D eigenvalue weighted by atomic mass is 16.5. The molecule has 0 saturated carbocycles. The summed E-state index contributed by atoms with van der Waals surface area (Å²) in [6, 6.07) is 55.8. The van der Waals surface area contributed by atoms with Crippen LogP contribution in [0.4, 0.5) is 34.1 Å². The average molecular weight is 633 g/mol. The second-order valence-electron chi connectivity index (χ2n) is 13.4. The first-order valence-corrected chi connectivity index (χ1v) is 16.8. The zero-order valence-corrected chi connectivity index (χ0v) is 27.2. The molecule has 4 nitrogen and oxygen atoms in total. The Labute approximate surface area is 286 Å². The van der Waals surface area contributed by atoms with Crippen molar-refractivity contribution in [3.63, 3.8) is 0 Å². The van der Waals surface area contributed by atoms with E-state index in [0.29, 0.717) is 0 Å². The number of ether oxygens (including phenoxy) is 2. The van der Waals surface area contributed by atoms with Crippen LogP contribution in [0.2, 0.25) is 0 Å². The zero-order chi connectivity index (χ0) is 32.7. The van der Waals surface area contributed by atoms with Crippen LogP contribution in [0.5, 0.6) is 23.0 Å². The molecule has 0 amide bonds. The van der Waals surface area contributed by atoms with Gasteiger partial charge in [0, 0.05) is 22.7 Å². The quantitative estimate of drug-likeness (QED) is 0.193. The molecule has 2 heterocycles. The van der Waals surface area contributed by atoms with Crippen molar-refractivity contribution in [2.75, 3.05) is 9.80 Å². The van der Waals surface area contributed by atoms with Crippen LogP contribution in [0.15, 0.2) is 158 Å². The Kier molecular flexibility index (Phi) is 5.89. The fourth-order valence-corrected chi connectivity index (χ4v) is 7.92. The van der Waals surface area contributed by atoms with Gasteiger partial charge < -0.3 is 14.4 Å². The minimum absolute atomic E-state index is 0.128. The van der Waals surface area contributed by atoms with Crippen molar-refractivity contribution >= 4 is 34.1 Å². The molecule has 3 aliphatic rings. The average Bonchev–Trinajstić information content (AvgIpc) is 3.38. The number of rotatable bonds is 4. The summed E-state index contributed by atoms with van der Waals surface area (Å²) in [4.78, 5) is 4.65. The Balaban J connectivity index is 1.18. The molecule has 0 atom stereocenters. The molecule has 7 aromatic rings. The number of hydrogen-bond acceptors (Lipinski definition) is 4. The highest BCUT2D eigenvalue weighted by Gasteiger charge is 2.37. The number of para-hydroxylation sites is 4. The van der Waals surface area contributed by atoms with Crippen molar-refractivity contribution < 1.29 is 9.47 Å². The molecule has 0 unspecified atom stereocenters. The lowest BCUT2D eigenvalue weighted by Gasteiger charge is -2.38. The Morgan fingerprint density at radius 2 is 1.08 bits per heavy atom. The van der Waals surface area contributed by atoms with Gasteiger partial charge in [0.1, 0.15) is 5.69 Å². The van der Waals surface area contributed by atoms with Crippen LogP contribution in [0.3, 0.4) is 0 Å². The Morgan fingerprint density at radius 3 is 1.94 bits per heavy atom. The maximum atomic E-state index is 6.72. The van der Waals surface area contributed by atoms with E-state index in [-0.39, 0.29) is 5.41 Å². The largest absolute Gasteiger partial charge is 0.453 e. The van der Waals surface area contributed by atoms with Crippen molar-refractivity contribution in [2.45, 2.75) is 19.3 Å². The molecule has 0 N–H and O–H groups in total. The summed E-state index contributed by atoms with van der Waals surface area (Å²) in [6.45, 7) is 4.67. The van der Waals surface area contributed by atoms with Crippen LogP contribution >= 0.6 is 0 Å². The van der Waals surface area contributed by atoms with Gasteiger partial charge in [-0.1, -0.05) is 111 Å². The van der Waals surface area contributed by atoms with E-state index < -0.39 is 0 Å². The summed E-state index contributed by atoms with van der Waals surface area (Å²) in [7, 11) is 0. The molecular formula is C45H32N2O2. The lowest BCUT2D eigenvalue weighted by molar-refractivity contribution is 0.446. The second kappa shape index (κ2) is 10.4. The Hall–Kier alpha value is -6.26. The Morgan fingerprint density at radius 1 is 0.469 bits per heavy atom. The van der Waals surface area contributed by atoms with Gasteiger partial charge in [-0.3, -0.25) is 4.90 Å². The fourth-order valence-electron chi connectivity index (χ4n) is 7.92. The van der Waals surface area contributed by atoms with Gasteiger partial charge in [-0.25, -0.2) is 0 Å². The van der Waals surface area contributed by atoms with Gasteiger partial charge >= 0.3 is 0 Å². The van der Waals surface area contributed by atoms with Crippen molar-refractivity contribution in [1.82, 2.24) is 0 Å². The molecule has 0 saturated heterocycles. The van der Waals surface area contributed by atoms with Crippen LogP contribution in [0.1, 0.15) is 25.0 Å². The molecule has 10 rings (SSSR count). The molecule has 2 aliphatic heterocycles. The molecule has 0 aromatic heterocycles. The molecule has 7 aromatic carbocycles. The fraction of sp³-hybridized carbons (Fsp3) is 0.0667. The summed E-state index contributed by atoms with van der Waals surface area (Å²) in [5.74, 6) is 3.16. The van der Waals surface area contributed by atoms with E-state index in [1.807, 2.05) is 30.3 Å². The zero-order valence-electron chi connectivity index (χ0n) is 27.2. The van der Waals surface area contributed by atoms with Crippen LogP contribution in [-0.4, -0.2) is 0 Å². The van der Waals surface area contributed by atoms with Gasteiger partial charge in [0.25, 0.3) is 0 Å². The monoisotopic (exact) mass is 632 g/mol. The summed E-state index contributed by atoms with van der Waals surface area (Å²) < 4.78 is 13.0. The lowest BCUT2D eigenvalue weighted by Crippen LogP contribution is -2.20. The molecule has 1 aliphatic carbocycles. The summed E-state index contributed by atoms with van der Waals surface area (Å²) in [5.41, 5.74) is 13.6. The predicted molar refractivity (Wildman–Crippen MR) is 199 cm³/mol. The lowest BCUT2D eigenvalue weighted by atomic mass is 9.82. The molecule has 4 heteroatoms. The minimum Gasteiger partial charge on any atom is -0.453 e. The molecule has 0 spiro atoms. The molecular weight excluding hydrogens is 601 g/mol. The highest BCUT2D eigenvalue weighted by molar-refractivity contribution is 5.96. The third-order valence-corrected chi connectivity index (χ3v) is 10.2. The first-order chi connectivity index (χ1) is 24.1. The summed E-state index contributed by atoms with van der Waals surface area (Å²) in [6.07, 6.45) is 0. The van der Waals surface area contributed by atoms with Gasteiger partial charge in [-0.05, 0) is 82.4 Å². The van der Waals surface area contributed by atoms with Crippen LogP contribution < -0.4 is 19.3 Å². The van der Waals surface area contributed by atoms with Crippen molar-refractivity contribution in [1.29, 1.82) is 0 Å². The van der Waals surface area contributed by atoms with Crippen LogP contribution in [0, 0.1) is 0 Å². The van der Waals surface area contributed by atoms with E-state index in [4.69, 9.17) is 9.47 Å². The third kappa shape index (κ3) is 4.10. The molecule has 0 bridgehead atoms. The number of benzene rings is 7. The van der Waals surface area contributed by atoms with E-state index in [0.717, 1.165) is 68.2 Å². The van der Waals surface area contributed by atoms with Gasteiger partial charge in [-0.2, -0.15) is 0 Å². The predicted octanol–water partition coefficient (Wildman–Crippen LogP) is 12.8.